The molecule has 3 aromatic carbocycles. The topological polar surface area (TPSA) is 157 Å². The second-order valence-electron chi connectivity index (χ2n) is 9.02. The van der Waals surface area contributed by atoms with Gasteiger partial charge in [0.15, 0.2) is 0 Å². The number of nitrogens with one attached hydrogen (secondary N) is 4. The standard InChI is InChI=1S/C30H34N4O6/c35-18-3-1-16-31-27(37)21-8-12-25(13-9-21)33-29(39)23-6-5-7-24(20-23)30(40)34-26-14-10-22(11-15-26)28(38)32-17-2-4-19-36/h5-15,20,35-36H,1-4,16-19H2,(H,31,37)(H,32,38)(H,33,39)(H,34,40). The fraction of sp³-hybridized carbons (Fsp3) is 0.267. The van der Waals surface area contributed by atoms with E-state index in [1.54, 1.807) is 66.7 Å². The molecule has 0 atom stereocenters. The maximum Gasteiger partial charge on any atom is 0.255 e. The zero-order valence-electron chi connectivity index (χ0n) is 22.1. The number of carbonyl (C=O) groups excluding carboxylic acids is 4. The second kappa shape index (κ2) is 15.8. The Morgan fingerprint density at radius 3 is 1.27 bits per heavy atom. The monoisotopic (exact) mass is 546 g/mol. The highest BCUT2D eigenvalue weighted by Gasteiger charge is 2.13. The van der Waals surface area contributed by atoms with Crippen molar-refractivity contribution in [2.45, 2.75) is 25.7 Å². The van der Waals surface area contributed by atoms with Crippen LogP contribution in [-0.4, -0.2) is 60.1 Å². The molecule has 0 aromatic heterocycles. The van der Waals surface area contributed by atoms with Crippen LogP contribution in [0.25, 0.3) is 0 Å². The molecule has 10 nitrogen and oxygen atoms in total. The molecular formula is C30H34N4O6. The predicted octanol–water partition coefficient (Wildman–Crippen LogP) is 3.20. The number of benzene rings is 3. The number of unbranched alkanes of at least 4 members (excludes halogenated alkanes) is 2. The highest BCUT2D eigenvalue weighted by Crippen LogP contribution is 2.15. The Hall–Kier alpha value is -4.54. The van der Waals surface area contributed by atoms with Crippen LogP contribution in [0.5, 0.6) is 0 Å². The Labute approximate surface area is 232 Å². The molecule has 0 saturated carbocycles. The average Bonchev–Trinajstić information content (AvgIpc) is 2.98. The molecule has 0 fully saturated rings. The molecule has 4 amide bonds. The molecule has 6 N–H and O–H groups in total. The van der Waals surface area contributed by atoms with Gasteiger partial charge in [-0.05, 0) is 92.4 Å². The van der Waals surface area contributed by atoms with Crippen LogP contribution in [0.2, 0.25) is 0 Å². The lowest BCUT2D eigenvalue weighted by Crippen LogP contribution is -2.24. The number of aliphatic hydroxyl groups excluding tert-OH is 2. The molecular weight excluding hydrogens is 512 g/mol. The summed E-state index contributed by atoms with van der Waals surface area (Å²) >= 11 is 0. The van der Waals surface area contributed by atoms with Crippen LogP contribution in [0.4, 0.5) is 11.4 Å². The van der Waals surface area contributed by atoms with Crippen molar-refractivity contribution >= 4 is 35.0 Å². The third kappa shape index (κ3) is 9.33. The van der Waals surface area contributed by atoms with Crippen molar-refractivity contribution in [1.82, 2.24) is 10.6 Å². The number of anilines is 2. The van der Waals surface area contributed by atoms with Gasteiger partial charge in [0.05, 0.1) is 0 Å². The van der Waals surface area contributed by atoms with Gasteiger partial charge in [-0.1, -0.05) is 6.07 Å². The third-order valence-corrected chi connectivity index (χ3v) is 5.94. The average molecular weight is 547 g/mol. The largest absolute Gasteiger partial charge is 0.396 e. The van der Waals surface area contributed by atoms with E-state index >= 15 is 0 Å². The van der Waals surface area contributed by atoms with Gasteiger partial charge < -0.3 is 31.5 Å². The highest BCUT2D eigenvalue weighted by molar-refractivity contribution is 6.09. The quantitative estimate of drug-likeness (QED) is 0.171. The molecule has 10 heteroatoms. The molecule has 3 aromatic rings. The molecule has 0 bridgehead atoms. The van der Waals surface area contributed by atoms with Crippen molar-refractivity contribution in [2.75, 3.05) is 36.9 Å². The van der Waals surface area contributed by atoms with Gasteiger partial charge in [0, 0.05) is 59.9 Å². The number of hydrogen-bond donors (Lipinski definition) is 6. The Balaban J connectivity index is 1.54. The van der Waals surface area contributed by atoms with Crippen LogP contribution in [0, 0.1) is 0 Å². The summed E-state index contributed by atoms with van der Waals surface area (Å²) in [4.78, 5) is 49.9. The molecule has 210 valence electrons. The molecule has 0 aliphatic carbocycles. The Bertz CT molecular complexity index is 1200. The van der Waals surface area contributed by atoms with Crippen molar-refractivity contribution in [3.8, 4) is 0 Å². The van der Waals surface area contributed by atoms with Gasteiger partial charge in [-0.3, -0.25) is 19.2 Å². The van der Waals surface area contributed by atoms with Crippen LogP contribution in [0.1, 0.15) is 67.1 Å². The summed E-state index contributed by atoms with van der Waals surface area (Å²) in [6, 6.07) is 19.2. The molecule has 0 radical (unpaired) electrons. The fourth-order valence-corrected chi connectivity index (χ4v) is 3.70. The molecule has 40 heavy (non-hydrogen) atoms. The van der Waals surface area contributed by atoms with E-state index in [4.69, 9.17) is 10.2 Å². The van der Waals surface area contributed by atoms with Crippen molar-refractivity contribution < 1.29 is 29.4 Å². The van der Waals surface area contributed by atoms with Crippen LogP contribution < -0.4 is 21.3 Å². The first-order valence-electron chi connectivity index (χ1n) is 13.1. The first-order valence-corrected chi connectivity index (χ1v) is 13.1. The predicted molar refractivity (Wildman–Crippen MR) is 153 cm³/mol. The molecule has 0 spiro atoms. The lowest BCUT2D eigenvalue weighted by Gasteiger charge is -2.10. The maximum absolute atomic E-state index is 12.8. The summed E-state index contributed by atoms with van der Waals surface area (Å²) in [5.41, 5.74) is 2.46. The van der Waals surface area contributed by atoms with Crippen LogP contribution in [-0.2, 0) is 0 Å². The highest BCUT2D eigenvalue weighted by atomic mass is 16.3. The van der Waals surface area contributed by atoms with E-state index < -0.39 is 11.8 Å². The van der Waals surface area contributed by atoms with Gasteiger partial charge in [0.1, 0.15) is 0 Å². The summed E-state index contributed by atoms with van der Waals surface area (Å²) < 4.78 is 0. The van der Waals surface area contributed by atoms with Crippen LogP contribution >= 0.6 is 0 Å². The SMILES string of the molecule is O=C(NCCCCO)c1ccc(NC(=O)c2cccc(C(=O)Nc3ccc(C(=O)NCCCCO)cc3)c2)cc1. The van der Waals surface area contributed by atoms with Crippen molar-refractivity contribution in [1.29, 1.82) is 0 Å². The molecule has 0 saturated heterocycles. The number of amides is 4. The van der Waals surface area contributed by atoms with E-state index in [0.29, 0.717) is 61.3 Å². The third-order valence-electron chi connectivity index (χ3n) is 5.94. The molecule has 0 aliphatic heterocycles. The van der Waals surface area contributed by atoms with Gasteiger partial charge in [-0.2, -0.15) is 0 Å². The van der Waals surface area contributed by atoms with Crippen molar-refractivity contribution in [3.05, 3.63) is 95.1 Å². The van der Waals surface area contributed by atoms with Crippen LogP contribution in [0.15, 0.2) is 72.8 Å². The number of carbonyl (C=O) groups is 4. The van der Waals surface area contributed by atoms with E-state index in [-0.39, 0.29) is 36.2 Å². The normalized spacial score (nSPS) is 10.4. The summed E-state index contributed by atoms with van der Waals surface area (Å²) in [6.45, 7) is 1.11. The number of hydrogen-bond acceptors (Lipinski definition) is 6. The molecule has 0 aliphatic rings. The Kier molecular flexibility index (Phi) is 11.8. The minimum Gasteiger partial charge on any atom is -0.396 e. The van der Waals surface area contributed by atoms with Gasteiger partial charge in [-0.15, -0.1) is 0 Å². The first-order chi connectivity index (χ1) is 19.4. The zero-order chi connectivity index (χ0) is 28.7. The van der Waals surface area contributed by atoms with Gasteiger partial charge in [-0.25, -0.2) is 0 Å². The van der Waals surface area contributed by atoms with Gasteiger partial charge in [0.25, 0.3) is 23.6 Å². The molecule has 3 rings (SSSR count). The zero-order valence-corrected chi connectivity index (χ0v) is 22.1. The van der Waals surface area contributed by atoms with E-state index in [1.165, 1.54) is 6.07 Å². The van der Waals surface area contributed by atoms with E-state index in [9.17, 15) is 19.2 Å². The van der Waals surface area contributed by atoms with E-state index in [1.807, 2.05) is 0 Å². The van der Waals surface area contributed by atoms with Gasteiger partial charge >= 0.3 is 0 Å². The summed E-state index contributed by atoms with van der Waals surface area (Å²) in [5.74, 6) is -1.29. The van der Waals surface area contributed by atoms with E-state index in [0.717, 1.165) is 0 Å². The minimum absolute atomic E-state index is 0.0844. The summed E-state index contributed by atoms with van der Waals surface area (Å²) in [5, 5.41) is 28.7. The van der Waals surface area contributed by atoms with E-state index in [2.05, 4.69) is 21.3 Å². The van der Waals surface area contributed by atoms with Crippen LogP contribution in [0.3, 0.4) is 0 Å². The van der Waals surface area contributed by atoms with Gasteiger partial charge in [0.2, 0.25) is 0 Å². The molecule has 0 heterocycles. The maximum atomic E-state index is 12.8. The van der Waals surface area contributed by atoms with Crippen molar-refractivity contribution in [3.63, 3.8) is 0 Å². The lowest BCUT2D eigenvalue weighted by molar-refractivity contribution is 0.0944. The summed E-state index contributed by atoms with van der Waals surface area (Å²) in [6.07, 6.45) is 2.61. The van der Waals surface area contributed by atoms with Crippen molar-refractivity contribution in [2.24, 2.45) is 0 Å². The summed E-state index contributed by atoms with van der Waals surface area (Å²) in [7, 11) is 0. The molecule has 0 unspecified atom stereocenters. The fourth-order valence-electron chi connectivity index (χ4n) is 3.70. The number of rotatable bonds is 14. The number of aliphatic hydroxyl groups is 2. The Morgan fingerprint density at radius 1 is 0.500 bits per heavy atom. The minimum atomic E-state index is -0.412. The first kappa shape index (κ1) is 30.0. The Morgan fingerprint density at radius 2 is 0.900 bits per heavy atom. The smallest absolute Gasteiger partial charge is 0.255 e. The second-order valence-corrected chi connectivity index (χ2v) is 9.02. The lowest BCUT2D eigenvalue weighted by atomic mass is 10.1.